The fourth-order valence-electron chi connectivity index (χ4n) is 5.63. The lowest BCUT2D eigenvalue weighted by Gasteiger charge is -2.15. The number of rotatable bonds is 5. The van der Waals surface area contributed by atoms with Crippen molar-refractivity contribution in [3.63, 3.8) is 0 Å². The zero-order valence-corrected chi connectivity index (χ0v) is 26.6. The van der Waals surface area contributed by atoms with E-state index in [-0.39, 0.29) is 17.0 Å². The van der Waals surface area contributed by atoms with Gasteiger partial charge in [-0.15, -0.1) is 0 Å². The Morgan fingerprint density at radius 2 is 1.51 bits per heavy atom. The molecule has 0 bridgehead atoms. The Labute approximate surface area is 274 Å². The monoisotopic (exact) mass is 638 g/mol. The predicted molar refractivity (Wildman–Crippen MR) is 186 cm³/mol. The number of aromatic hydroxyl groups is 1. The number of allylic oxidation sites excluding steroid dienone is 1. The van der Waals surface area contributed by atoms with Crippen LogP contribution in [0.1, 0.15) is 34.8 Å². The molecule has 3 aromatic rings. The van der Waals surface area contributed by atoms with E-state index in [1.165, 1.54) is 28.3 Å². The largest absolute Gasteiger partial charge is 0.505 e. The minimum Gasteiger partial charge on any atom is -0.505 e. The molecule has 2 saturated heterocycles. The van der Waals surface area contributed by atoms with E-state index in [1.807, 2.05) is 18.1 Å². The van der Waals surface area contributed by atoms with E-state index in [0.29, 0.717) is 28.2 Å². The molecular formula is C35H42N8O4. The number of phenols is 1. The second kappa shape index (κ2) is 16.6. The summed E-state index contributed by atoms with van der Waals surface area (Å²) < 4.78 is 0. The summed E-state index contributed by atoms with van der Waals surface area (Å²) >= 11 is 0. The molecule has 0 atom stereocenters. The summed E-state index contributed by atoms with van der Waals surface area (Å²) in [5.41, 5.74) is 8.62. The Bertz CT molecular complexity index is 1640. The quantitative estimate of drug-likeness (QED) is 0.126. The van der Waals surface area contributed by atoms with Crippen LogP contribution in [0.5, 0.6) is 5.75 Å². The molecule has 3 aromatic carbocycles. The first-order chi connectivity index (χ1) is 23.0. The SMILES string of the molecule is C1CNCCN1.C1CNCCN1.CC1=NN(c2ccc3c(c2)CCC3)C(=C=O)/C1=N\Nc1cccc(-c2cccc(C(=O)O)c2)c1O. The maximum Gasteiger partial charge on any atom is 0.335 e. The van der Waals surface area contributed by atoms with E-state index in [2.05, 4.69) is 43.0 Å². The number of aryl methyl sites for hydroxylation is 2. The average molecular weight is 639 g/mol. The van der Waals surface area contributed by atoms with Gasteiger partial charge in [0.25, 0.3) is 0 Å². The third-order valence-electron chi connectivity index (χ3n) is 8.11. The number of hydrazone groups is 2. The van der Waals surface area contributed by atoms with Crippen LogP contribution in [0, 0.1) is 0 Å². The van der Waals surface area contributed by atoms with E-state index in [9.17, 15) is 19.8 Å². The first kappa shape index (κ1) is 33.5. The second-order valence-corrected chi connectivity index (χ2v) is 11.4. The first-order valence-electron chi connectivity index (χ1n) is 16.0. The summed E-state index contributed by atoms with van der Waals surface area (Å²) in [5.74, 6) is 0.805. The Morgan fingerprint density at radius 3 is 2.13 bits per heavy atom. The third kappa shape index (κ3) is 8.70. The molecule has 246 valence electrons. The number of benzene rings is 3. The van der Waals surface area contributed by atoms with E-state index in [0.717, 1.165) is 77.3 Å². The number of carboxylic acid groups (broad SMARTS) is 1. The highest BCUT2D eigenvalue weighted by Crippen LogP contribution is 2.36. The van der Waals surface area contributed by atoms with Crippen molar-refractivity contribution in [3.8, 4) is 16.9 Å². The van der Waals surface area contributed by atoms with Crippen LogP contribution in [0.4, 0.5) is 11.4 Å². The Hall–Kier alpha value is -4.84. The highest BCUT2D eigenvalue weighted by Gasteiger charge is 2.29. The Kier molecular flexibility index (Phi) is 11.9. The van der Waals surface area contributed by atoms with Gasteiger partial charge in [-0.3, -0.25) is 5.43 Å². The van der Waals surface area contributed by atoms with Gasteiger partial charge in [0.1, 0.15) is 11.5 Å². The standard InChI is InChI=1S/C27H22N4O4.2C4H10N2/c1-16-25(24(15-32)31(30-16)21-12-11-17-5-2-6-18(17)14-21)29-28-23-10-4-9-22(26(23)33)19-7-3-8-20(13-19)27(34)35;2*1-2-6-4-3-5-1/h3-4,7-14,28,33H,2,5-6H2,1H3,(H,34,35);2*5-6H,1-4H2/b29-25-;;. The van der Waals surface area contributed by atoms with Crippen LogP contribution < -0.4 is 31.7 Å². The number of nitrogens with one attached hydrogen (secondary N) is 5. The van der Waals surface area contributed by atoms with Gasteiger partial charge in [0.05, 0.1) is 22.6 Å². The summed E-state index contributed by atoms with van der Waals surface area (Å²) in [6.45, 7) is 10.9. The van der Waals surface area contributed by atoms with Crippen molar-refractivity contribution in [2.24, 2.45) is 10.2 Å². The molecule has 0 saturated carbocycles. The first-order valence-corrected chi connectivity index (χ1v) is 16.0. The van der Waals surface area contributed by atoms with Gasteiger partial charge in [0.2, 0.25) is 0 Å². The fourth-order valence-corrected chi connectivity index (χ4v) is 5.63. The molecule has 0 aromatic heterocycles. The summed E-state index contributed by atoms with van der Waals surface area (Å²) in [7, 11) is 0. The number of hydrogen-bond acceptors (Lipinski definition) is 11. The van der Waals surface area contributed by atoms with Crippen molar-refractivity contribution >= 4 is 34.7 Å². The molecule has 0 radical (unpaired) electrons. The number of carbonyl (C=O) groups is 1. The van der Waals surface area contributed by atoms with Crippen LogP contribution in [0.2, 0.25) is 0 Å². The fraction of sp³-hybridized carbons (Fsp3) is 0.343. The number of para-hydroxylation sites is 1. The minimum absolute atomic E-state index is 0.0981. The zero-order chi connectivity index (χ0) is 33.0. The number of aromatic carboxylic acids is 1. The second-order valence-electron chi connectivity index (χ2n) is 11.4. The zero-order valence-electron chi connectivity index (χ0n) is 26.6. The Morgan fingerprint density at radius 1 is 0.872 bits per heavy atom. The summed E-state index contributed by atoms with van der Waals surface area (Å²) in [6.07, 6.45) is 3.19. The molecule has 47 heavy (non-hydrogen) atoms. The average Bonchev–Trinajstić information content (AvgIpc) is 3.73. The molecule has 7 N–H and O–H groups in total. The molecule has 1 aliphatic carbocycles. The molecule has 12 heteroatoms. The number of carboxylic acids is 1. The van der Waals surface area contributed by atoms with Crippen LogP contribution in [-0.4, -0.2) is 85.9 Å². The smallest absolute Gasteiger partial charge is 0.335 e. The van der Waals surface area contributed by atoms with Gasteiger partial charge in [-0.25, -0.2) is 14.6 Å². The number of anilines is 2. The minimum atomic E-state index is -1.05. The molecule has 4 aliphatic rings. The maximum absolute atomic E-state index is 11.9. The molecule has 12 nitrogen and oxygen atoms in total. The lowest BCUT2D eigenvalue weighted by molar-refractivity contribution is 0.0697. The van der Waals surface area contributed by atoms with Crippen LogP contribution in [0.25, 0.3) is 11.1 Å². The highest BCUT2D eigenvalue weighted by atomic mass is 16.4. The molecule has 7 rings (SSSR count). The molecule has 0 unspecified atom stereocenters. The molecule has 0 spiro atoms. The third-order valence-corrected chi connectivity index (χ3v) is 8.11. The molecular weight excluding hydrogens is 596 g/mol. The predicted octanol–water partition coefficient (Wildman–Crippen LogP) is 2.98. The molecule has 3 aliphatic heterocycles. The number of hydrogen-bond donors (Lipinski definition) is 7. The molecule has 3 heterocycles. The van der Waals surface area contributed by atoms with Gasteiger partial charge in [-0.1, -0.05) is 30.3 Å². The number of fused-ring (bicyclic) bond motifs is 1. The summed E-state index contributed by atoms with van der Waals surface area (Å²) in [5, 5.41) is 43.4. The van der Waals surface area contributed by atoms with E-state index in [1.54, 1.807) is 37.3 Å². The molecule has 2 fully saturated rings. The van der Waals surface area contributed by atoms with Crippen LogP contribution in [0.15, 0.2) is 76.6 Å². The van der Waals surface area contributed by atoms with Gasteiger partial charge in [-0.2, -0.15) is 10.2 Å². The van der Waals surface area contributed by atoms with Crippen LogP contribution in [-0.2, 0) is 17.6 Å². The van der Waals surface area contributed by atoms with Crippen LogP contribution >= 0.6 is 0 Å². The van der Waals surface area contributed by atoms with E-state index < -0.39 is 5.97 Å². The van der Waals surface area contributed by atoms with Crippen molar-refractivity contribution in [1.82, 2.24) is 21.3 Å². The number of phenolic OH excluding ortho intramolecular Hbond substituents is 1. The topological polar surface area (TPSA) is 163 Å². The summed E-state index contributed by atoms with van der Waals surface area (Å²) in [4.78, 5) is 23.2. The summed E-state index contributed by atoms with van der Waals surface area (Å²) in [6, 6.07) is 17.4. The number of carbonyl (C=O) groups excluding carboxylic acids is 1. The van der Waals surface area contributed by atoms with Gasteiger partial charge in [0.15, 0.2) is 11.6 Å². The van der Waals surface area contributed by atoms with Crippen molar-refractivity contribution < 1.29 is 19.8 Å². The van der Waals surface area contributed by atoms with Gasteiger partial charge < -0.3 is 31.5 Å². The lowest BCUT2D eigenvalue weighted by atomic mass is 10.0. The van der Waals surface area contributed by atoms with Gasteiger partial charge in [-0.05, 0) is 73.2 Å². The van der Waals surface area contributed by atoms with E-state index in [4.69, 9.17) is 0 Å². The Balaban J connectivity index is 0.000000301. The van der Waals surface area contributed by atoms with Gasteiger partial charge in [0, 0.05) is 57.9 Å². The van der Waals surface area contributed by atoms with Crippen LogP contribution in [0.3, 0.4) is 0 Å². The van der Waals surface area contributed by atoms with Crippen molar-refractivity contribution in [2.45, 2.75) is 26.2 Å². The van der Waals surface area contributed by atoms with E-state index >= 15 is 0 Å². The maximum atomic E-state index is 11.9. The normalized spacial score (nSPS) is 17.8. The molecule has 0 amide bonds. The number of piperazine rings is 2. The van der Waals surface area contributed by atoms with Crippen molar-refractivity contribution in [3.05, 3.63) is 83.1 Å². The lowest BCUT2D eigenvalue weighted by Crippen LogP contribution is -2.39. The van der Waals surface area contributed by atoms with Crippen molar-refractivity contribution in [1.29, 1.82) is 0 Å². The van der Waals surface area contributed by atoms with Crippen molar-refractivity contribution in [2.75, 3.05) is 62.8 Å². The van der Waals surface area contributed by atoms with Gasteiger partial charge >= 0.3 is 5.97 Å². The highest BCUT2D eigenvalue weighted by molar-refractivity contribution is 6.52. The number of nitrogens with zero attached hydrogens (tertiary/aromatic N) is 3.